The first kappa shape index (κ1) is 15.9. The van der Waals surface area contributed by atoms with Gasteiger partial charge in [0, 0.05) is 17.0 Å². The average molecular weight is 348 g/mol. The topological polar surface area (TPSA) is 92.8 Å². The number of hydrazone groups is 1. The number of fused-ring (bicyclic) bond motifs is 3. The molecule has 4 aromatic rings. The van der Waals surface area contributed by atoms with Gasteiger partial charge in [-0.1, -0.05) is 12.1 Å². The summed E-state index contributed by atoms with van der Waals surface area (Å²) in [5.41, 5.74) is 6.07. The van der Waals surface area contributed by atoms with Gasteiger partial charge in [-0.15, -0.1) is 0 Å². The second kappa shape index (κ2) is 6.36. The first-order valence-electron chi connectivity index (χ1n) is 7.97. The predicted octanol–water partition coefficient (Wildman–Crippen LogP) is 3.93. The van der Waals surface area contributed by atoms with Gasteiger partial charge in [-0.2, -0.15) is 5.10 Å². The molecule has 0 amide bonds. The van der Waals surface area contributed by atoms with Gasteiger partial charge in [0.05, 0.1) is 12.8 Å². The van der Waals surface area contributed by atoms with Gasteiger partial charge in [-0.25, -0.2) is 9.97 Å². The molecule has 0 saturated heterocycles. The van der Waals surface area contributed by atoms with E-state index in [0.717, 1.165) is 16.5 Å². The minimum Gasteiger partial charge on any atom is -0.507 e. The molecule has 7 nitrogen and oxygen atoms in total. The molecule has 2 heterocycles. The quantitative estimate of drug-likeness (QED) is 0.429. The van der Waals surface area contributed by atoms with Crippen molar-refractivity contribution in [3.05, 3.63) is 54.4 Å². The van der Waals surface area contributed by atoms with Crippen LogP contribution < -0.4 is 10.2 Å². The summed E-state index contributed by atoms with van der Waals surface area (Å²) in [6, 6.07) is 12.7. The van der Waals surface area contributed by atoms with Crippen molar-refractivity contribution in [3.63, 3.8) is 0 Å². The predicted molar refractivity (Wildman–Crippen MR) is 99.8 cm³/mol. The Morgan fingerprint density at radius 1 is 1.19 bits per heavy atom. The Hall–Kier alpha value is -3.61. The Balaban J connectivity index is 1.70. The number of phenolic OH excluding ortho intramolecular Hbond substituents is 1. The molecule has 0 spiro atoms. The highest BCUT2D eigenvalue weighted by molar-refractivity contribution is 6.06. The fraction of sp³-hybridized carbons (Fsp3) is 0.105. The van der Waals surface area contributed by atoms with Crippen molar-refractivity contribution in [3.8, 4) is 11.5 Å². The van der Waals surface area contributed by atoms with Gasteiger partial charge >= 0.3 is 0 Å². The summed E-state index contributed by atoms with van der Waals surface area (Å²) in [6.07, 6.45) is 1.46. The third-order valence-corrected chi connectivity index (χ3v) is 4.08. The van der Waals surface area contributed by atoms with Crippen molar-refractivity contribution in [2.75, 3.05) is 12.5 Å². The number of rotatable bonds is 4. The van der Waals surface area contributed by atoms with Crippen molar-refractivity contribution < 1.29 is 14.3 Å². The van der Waals surface area contributed by atoms with Crippen LogP contribution in [-0.4, -0.2) is 27.9 Å². The van der Waals surface area contributed by atoms with Crippen LogP contribution in [0, 0.1) is 0 Å². The van der Waals surface area contributed by atoms with Gasteiger partial charge in [0.25, 0.3) is 0 Å². The standard InChI is InChI=1S/C19H16N4O3/c1-11(13-8-7-12(25-2)9-15(13)24)22-23-19-18-17(20-10-21-19)14-5-3-4-6-16(14)26-18/h3-10,24H,1-2H3,(H,20,21,23)/b22-11+. The van der Waals surface area contributed by atoms with E-state index in [2.05, 4.69) is 20.5 Å². The Morgan fingerprint density at radius 3 is 2.85 bits per heavy atom. The number of anilines is 1. The van der Waals surface area contributed by atoms with Gasteiger partial charge in [-0.3, -0.25) is 5.43 Å². The third kappa shape index (κ3) is 2.69. The van der Waals surface area contributed by atoms with Gasteiger partial charge in [-0.05, 0) is 31.2 Å². The zero-order valence-electron chi connectivity index (χ0n) is 14.2. The van der Waals surface area contributed by atoms with E-state index in [4.69, 9.17) is 9.15 Å². The zero-order chi connectivity index (χ0) is 18.1. The number of nitrogens with zero attached hydrogens (tertiary/aromatic N) is 3. The Morgan fingerprint density at radius 2 is 2.04 bits per heavy atom. The minimum atomic E-state index is 0.0870. The molecule has 0 unspecified atom stereocenters. The summed E-state index contributed by atoms with van der Waals surface area (Å²) in [7, 11) is 1.55. The molecule has 0 bridgehead atoms. The zero-order valence-corrected chi connectivity index (χ0v) is 14.2. The molecule has 2 aromatic carbocycles. The number of hydrogen-bond donors (Lipinski definition) is 2. The number of hydrogen-bond acceptors (Lipinski definition) is 7. The van der Waals surface area contributed by atoms with Crippen LogP contribution in [0.15, 0.2) is 58.3 Å². The maximum atomic E-state index is 10.1. The highest BCUT2D eigenvalue weighted by Gasteiger charge is 2.13. The molecular weight excluding hydrogens is 332 g/mol. The summed E-state index contributed by atoms with van der Waals surface area (Å²) in [5, 5.41) is 15.4. The second-order valence-corrected chi connectivity index (χ2v) is 5.69. The molecule has 4 rings (SSSR count). The van der Waals surface area contributed by atoms with Crippen LogP contribution in [0.5, 0.6) is 11.5 Å². The summed E-state index contributed by atoms with van der Waals surface area (Å²) in [6.45, 7) is 1.78. The maximum Gasteiger partial charge on any atom is 0.197 e. The van der Waals surface area contributed by atoms with E-state index >= 15 is 0 Å². The van der Waals surface area contributed by atoms with E-state index in [0.29, 0.717) is 28.4 Å². The van der Waals surface area contributed by atoms with Gasteiger partial charge < -0.3 is 14.3 Å². The van der Waals surface area contributed by atoms with Crippen LogP contribution in [0.1, 0.15) is 12.5 Å². The monoisotopic (exact) mass is 348 g/mol. The molecule has 0 atom stereocenters. The Labute approximate surface area is 149 Å². The molecule has 7 heteroatoms. The maximum absolute atomic E-state index is 10.1. The van der Waals surface area contributed by atoms with Crippen molar-refractivity contribution in [2.24, 2.45) is 5.10 Å². The molecule has 0 aliphatic carbocycles. The molecular formula is C19H16N4O3. The highest BCUT2D eigenvalue weighted by atomic mass is 16.5. The summed E-state index contributed by atoms with van der Waals surface area (Å²) < 4.78 is 10.9. The fourth-order valence-corrected chi connectivity index (χ4v) is 2.74. The number of aromatic hydroxyl groups is 1. The lowest BCUT2D eigenvalue weighted by Gasteiger charge is -2.07. The average Bonchev–Trinajstić information content (AvgIpc) is 3.05. The first-order chi connectivity index (χ1) is 12.7. The van der Waals surface area contributed by atoms with Crippen LogP contribution in [0.2, 0.25) is 0 Å². The van der Waals surface area contributed by atoms with Crippen LogP contribution in [-0.2, 0) is 0 Å². The number of methoxy groups -OCH3 is 1. The van der Waals surface area contributed by atoms with E-state index in [9.17, 15) is 5.11 Å². The summed E-state index contributed by atoms with van der Waals surface area (Å²) >= 11 is 0. The van der Waals surface area contributed by atoms with Crippen LogP contribution in [0.3, 0.4) is 0 Å². The van der Waals surface area contributed by atoms with E-state index in [1.807, 2.05) is 24.3 Å². The molecule has 2 aromatic heterocycles. The number of benzene rings is 2. The second-order valence-electron chi connectivity index (χ2n) is 5.69. The molecule has 130 valence electrons. The summed E-state index contributed by atoms with van der Waals surface area (Å²) in [5.74, 6) is 1.12. The van der Waals surface area contributed by atoms with Crippen LogP contribution in [0.25, 0.3) is 22.1 Å². The smallest absolute Gasteiger partial charge is 0.197 e. The molecule has 0 radical (unpaired) electrons. The summed E-state index contributed by atoms with van der Waals surface area (Å²) in [4.78, 5) is 8.51. The van der Waals surface area contributed by atoms with E-state index < -0.39 is 0 Å². The molecule has 0 fully saturated rings. The molecule has 0 aliphatic rings. The number of furan rings is 1. The van der Waals surface area contributed by atoms with E-state index in [1.54, 1.807) is 26.2 Å². The fourth-order valence-electron chi connectivity index (χ4n) is 2.74. The Bertz CT molecular complexity index is 1130. The lowest BCUT2D eigenvalue weighted by molar-refractivity contribution is 0.407. The number of para-hydroxylation sites is 1. The molecule has 26 heavy (non-hydrogen) atoms. The largest absolute Gasteiger partial charge is 0.507 e. The minimum absolute atomic E-state index is 0.0870. The lowest BCUT2D eigenvalue weighted by atomic mass is 10.1. The first-order valence-corrected chi connectivity index (χ1v) is 7.97. The van der Waals surface area contributed by atoms with Crippen molar-refractivity contribution in [1.29, 1.82) is 0 Å². The number of nitrogens with one attached hydrogen (secondary N) is 1. The van der Waals surface area contributed by atoms with Crippen LogP contribution in [0.4, 0.5) is 5.82 Å². The van der Waals surface area contributed by atoms with E-state index in [1.165, 1.54) is 12.4 Å². The van der Waals surface area contributed by atoms with Crippen molar-refractivity contribution in [2.45, 2.75) is 6.92 Å². The number of aromatic nitrogens is 2. The molecule has 0 aliphatic heterocycles. The Kier molecular flexibility index (Phi) is 3.89. The van der Waals surface area contributed by atoms with E-state index in [-0.39, 0.29) is 5.75 Å². The third-order valence-electron chi connectivity index (χ3n) is 4.08. The van der Waals surface area contributed by atoms with Gasteiger partial charge in [0.15, 0.2) is 11.4 Å². The lowest BCUT2D eigenvalue weighted by Crippen LogP contribution is -2.02. The van der Waals surface area contributed by atoms with Crippen molar-refractivity contribution in [1.82, 2.24) is 9.97 Å². The van der Waals surface area contributed by atoms with Crippen molar-refractivity contribution >= 4 is 33.6 Å². The number of phenols is 1. The highest BCUT2D eigenvalue weighted by Crippen LogP contribution is 2.30. The molecule has 2 N–H and O–H groups in total. The SMILES string of the molecule is COc1ccc(/C(C)=N/Nc2ncnc3c2oc2ccccc23)c(O)c1. The van der Waals surface area contributed by atoms with Gasteiger partial charge in [0.1, 0.15) is 28.9 Å². The van der Waals surface area contributed by atoms with Gasteiger partial charge in [0.2, 0.25) is 0 Å². The normalized spacial score (nSPS) is 11.8. The van der Waals surface area contributed by atoms with Crippen LogP contribution >= 0.6 is 0 Å². The molecule has 0 saturated carbocycles. The number of ether oxygens (including phenoxy) is 1.